The topological polar surface area (TPSA) is 37.2 Å². The molecular weight excluding hydrogens is 200 g/mol. The number of rotatable bonds is 8. The zero-order chi connectivity index (χ0) is 11.8. The standard InChI is InChI=1S/C13H24N2O/c1-3-13(14-4-2)12-7-9-15(11-12)8-5-6-10-16/h7,9,11,13-14,16H,3-6,8,10H2,1-2H3. The molecule has 3 nitrogen and oxygen atoms in total. The Hall–Kier alpha value is -0.800. The first-order valence-corrected chi connectivity index (χ1v) is 6.31. The van der Waals surface area contributed by atoms with E-state index in [1.807, 2.05) is 0 Å². The number of aliphatic hydroxyl groups is 1. The van der Waals surface area contributed by atoms with Crippen molar-refractivity contribution < 1.29 is 5.11 Å². The number of aliphatic hydroxyl groups excluding tert-OH is 1. The highest BCUT2D eigenvalue weighted by Crippen LogP contribution is 2.16. The van der Waals surface area contributed by atoms with Crippen LogP contribution < -0.4 is 5.32 Å². The Morgan fingerprint density at radius 2 is 2.19 bits per heavy atom. The quantitative estimate of drug-likeness (QED) is 0.665. The van der Waals surface area contributed by atoms with E-state index in [-0.39, 0.29) is 0 Å². The Bertz CT molecular complexity index is 283. The number of nitrogens with zero attached hydrogens (tertiary/aromatic N) is 1. The van der Waals surface area contributed by atoms with Crippen molar-refractivity contribution in [2.24, 2.45) is 0 Å². The zero-order valence-electron chi connectivity index (χ0n) is 10.4. The van der Waals surface area contributed by atoms with Gasteiger partial charge in [-0.2, -0.15) is 0 Å². The molecule has 0 amide bonds. The molecule has 1 unspecified atom stereocenters. The summed E-state index contributed by atoms with van der Waals surface area (Å²) in [6.45, 7) is 6.65. The lowest BCUT2D eigenvalue weighted by Gasteiger charge is -2.13. The van der Waals surface area contributed by atoms with Gasteiger partial charge in [-0.05, 0) is 37.4 Å². The van der Waals surface area contributed by atoms with E-state index in [2.05, 4.69) is 42.2 Å². The predicted molar refractivity (Wildman–Crippen MR) is 67.5 cm³/mol. The van der Waals surface area contributed by atoms with Gasteiger partial charge in [-0.3, -0.25) is 0 Å². The molecule has 0 spiro atoms. The van der Waals surface area contributed by atoms with E-state index in [9.17, 15) is 0 Å². The molecular formula is C13H24N2O. The SMILES string of the molecule is CCNC(CC)c1ccn(CCCCO)c1. The molecule has 0 aromatic carbocycles. The van der Waals surface area contributed by atoms with E-state index in [0.717, 1.165) is 32.4 Å². The van der Waals surface area contributed by atoms with Gasteiger partial charge in [0, 0.05) is 31.6 Å². The van der Waals surface area contributed by atoms with Crippen LogP contribution in [-0.4, -0.2) is 22.8 Å². The third-order valence-electron chi connectivity index (χ3n) is 2.86. The summed E-state index contributed by atoms with van der Waals surface area (Å²) in [6.07, 6.45) is 7.40. The molecule has 1 aromatic heterocycles. The van der Waals surface area contributed by atoms with Crippen molar-refractivity contribution in [1.82, 2.24) is 9.88 Å². The van der Waals surface area contributed by atoms with E-state index >= 15 is 0 Å². The van der Waals surface area contributed by atoms with Crippen LogP contribution in [0.3, 0.4) is 0 Å². The summed E-state index contributed by atoms with van der Waals surface area (Å²) in [4.78, 5) is 0. The summed E-state index contributed by atoms with van der Waals surface area (Å²) in [5, 5.41) is 12.2. The van der Waals surface area contributed by atoms with Crippen LogP contribution in [0.2, 0.25) is 0 Å². The molecule has 0 fully saturated rings. The van der Waals surface area contributed by atoms with Crippen molar-refractivity contribution in [2.45, 2.75) is 45.7 Å². The molecule has 0 aliphatic heterocycles. The molecule has 3 heteroatoms. The minimum Gasteiger partial charge on any atom is -0.396 e. The summed E-state index contributed by atoms with van der Waals surface area (Å²) in [5.74, 6) is 0. The van der Waals surface area contributed by atoms with Gasteiger partial charge in [0.2, 0.25) is 0 Å². The molecule has 0 saturated heterocycles. The molecule has 0 aliphatic carbocycles. The predicted octanol–water partition coefficient (Wildman–Crippen LogP) is 2.32. The van der Waals surface area contributed by atoms with Gasteiger partial charge >= 0.3 is 0 Å². The fourth-order valence-electron chi connectivity index (χ4n) is 1.96. The number of aromatic nitrogens is 1. The van der Waals surface area contributed by atoms with Crippen molar-refractivity contribution in [3.8, 4) is 0 Å². The Morgan fingerprint density at radius 3 is 2.81 bits per heavy atom. The summed E-state index contributed by atoms with van der Waals surface area (Å²) >= 11 is 0. The second-order valence-corrected chi connectivity index (χ2v) is 4.13. The van der Waals surface area contributed by atoms with Gasteiger partial charge in [-0.15, -0.1) is 0 Å². The van der Waals surface area contributed by atoms with Crippen molar-refractivity contribution in [1.29, 1.82) is 0 Å². The lowest BCUT2D eigenvalue weighted by Crippen LogP contribution is -2.19. The van der Waals surface area contributed by atoms with Crippen molar-refractivity contribution in [2.75, 3.05) is 13.2 Å². The number of unbranched alkanes of at least 4 members (excludes halogenated alkanes) is 1. The fourth-order valence-corrected chi connectivity index (χ4v) is 1.96. The van der Waals surface area contributed by atoms with Crippen molar-refractivity contribution >= 4 is 0 Å². The fraction of sp³-hybridized carbons (Fsp3) is 0.692. The molecule has 1 heterocycles. The van der Waals surface area contributed by atoms with Crippen LogP contribution in [0.5, 0.6) is 0 Å². The van der Waals surface area contributed by atoms with Gasteiger partial charge in [-0.25, -0.2) is 0 Å². The molecule has 0 aliphatic rings. The minimum absolute atomic E-state index is 0.295. The maximum Gasteiger partial charge on any atom is 0.0431 e. The van der Waals surface area contributed by atoms with Gasteiger partial charge in [0.25, 0.3) is 0 Å². The van der Waals surface area contributed by atoms with Crippen LogP contribution >= 0.6 is 0 Å². The van der Waals surface area contributed by atoms with Crippen LogP contribution in [0.25, 0.3) is 0 Å². The minimum atomic E-state index is 0.295. The number of nitrogens with one attached hydrogen (secondary N) is 1. The first-order chi connectivity index (χ1) is 7.81. The van der Waals surface area contributed by atoms with Crippen LogP contribution in [-0.2, 0) is 6.54 Å². The van der Waals surface area contributed by atoms with Gasteiger partial charge in [0.05, 0.1) is 0 Å². The number of hydrogen-bond acceptors (Lipinski definition) is 2. The third kappa shape index (κ3) is 3.99. The molecule has 0 radical (unpaired) electrons. The second kappa shape index (κ2) is 7.47. The molecule has 1 aromatic rings. The highest BCUT2D eigenvalue weighted by molar-refractivity contribution is 5.15. The summed E-state index contributed by atoms with van der Waals surface area (Å²) in [5.41, 5.74) is 1.37. The molecule has 2 N–H and O–H groups in total. The normalized spacial score (nSPS) is 12.9. The van der Waals surface area contributed by atoms with Crippen LogP contribution in [0.15, 0.2) is 18.5 Å². The molecule has 0 saturated carbocycles. The summed E-state index contributed by atoms with van der Waals surface area (Å²) < 4.78 is 2.21. The molecule has 1 rings (SSSR count). The third-order valence-corrected chi connectivity index (χ3v) is 2.86. The van der Waals surface area contributed by atoms with E-state index in [1.165, 1.54) is 5.56 Å². The first-order valence-electron chi connectivity index (χ1n) is 6.31. The summed E-state index contributed by atoms with van der Waals surface area (Å²) in [6, 6.07) is 2.67. The molecule has 16 heavy (non-hydrogen) atoms. The molecule has 92 valence electrons. The van der Waals surface area contributed by atoms with Crippen molar-refractivity contribution in [3.63, 3.8) is 0 Å². The smallest absolute Gasteiger partial charge is 0.0431 e. The Morgan fingerprint density at radius 1 is 1.38 bits per heavy atom. The van der Waals surface area contributed by atoms with E-state index < -0.39 is 0 Å². The van der Waals surface area contributed by atoms with Gasteiger partial charge in [0.1, 0.15) is 0 Å². The highest BCUT2D eigenvalue weighted by Gasteiger charge is 2.08. The number of hydrogen-bond donors (Lipinski definition) is 2. The van der Waals surface area contributed by atoms with E-state index in [4.69, 9.17) is 5.11 Å². The van der Waals surface area contributed by atoms with Crippen molar-refractivity contribution in [3.05, 3.63) is 24.0 Å². The van der Waals surface area contributed by atoms with Crippen LogP contribution in [0, 0.1) is 0 Å². The maximum absolute atomic E-state index is 8.73. The van der Waals surface area contributed by atoms with Crippen LogP contribution in [0.1, 0.15) is 44.7 Å². The van der Waals surface area contributed by atoms with E-state index in [1.54, 1.807) is 0 Å². The Kier molecular flexibility index (Phi) is 6.19. The van der Waals surface area contributed by atoms with Gasteiger partial charge < -0.3 is 15.0 Å². The summed E-state index contributed by atoms with van der Waals surface area (Å²) in [7, 11) is 0. The molecule has 0 bridgehead atoms. The first kappa shape index (κ1) is 13.3. The van der Waals surface area contributed by atoms with Crippen LogP contribution in [0.4, 0.5) is 0 Å². The lowest BCUT2D eigenvalue weighted by molar-refractivity contribution is 0.281. The average molecular weight is 224 g/mol. The molecule has 1 atom stereocenters. The Labute approximate surface area is 98.5 Å². The lowest BCUT2D eigenvalue weighted by atomic mass is 10.1. The van der Waals surface area contributed by atoms with Gasteiger partial charge in [-0.1, -0.05) is 13.8 Å². The number of aryl methyl sites for hydroxylation is 1. The second-order valence-electron chi connectivity index (χ2n) is 4.13. The Balaban J connectivity index is 2.48. The zero-order valence-corrected chi connectivity index (χ0v) is 10.4. The average Bonchev–Trinajstić information content (AvgIpc) is 2.75. The maximum atomic E-state index is 8.73. The monoisotopic (exact) mass is 224 g/mol. The van der Waals surface area contributed by atoms with Gasteiger partial charge in [0.15, 0.2) is 0 Å². The highest BCUT2D eigenvalue weighted by atomic mass is 16.2. The largest absolute Gasteiger partial charge is 0.396 e. The van der Waals surface area contributed by atoms with E-state index in [0.29, 0.717) is 12.6 Å².